The number of carbonyl (C=O) groups excluding carboxylic acids is 1. The molecule has 0 radical (unpaired) electrons. The fraction of sp³-hybridized carbons (Fsp3) is 0.600. The number of aryl methyl sites for hydroxylation is 1. The fourth-order valence-corrected chi connectivity index (χ4v) is 4.90. The van der Waals surface area contributed by atoms with Gasteiger partial charge >= 0.3 is 0 Å². The molecule has 1 amide bonds. The zero-order valence-corrected chi connectivity index (χ0v) is 15.6. The third kappa shape index (κ3) is 4.68. The van der Waals surface area contributed by atoms with Gasteiger partial charge in [-0.2, -0.15) is 0 Å². The lowest BCUT2D eigenvalue weighted by Gasteiger charge is -2.14. The Morgan fingerprint density at radius 3 is 2.76 bits per heavy atom. The molecule has 3 heterocycles. The molecular formula is C15H19Cl2FN4O2S. The molecule has 2 saturated heterocycles. The summed E-state index contributed by atoms with van der Waals surface area (Å²) in [5.41, 5.74) is 5.61. The van der Waals surface area contributed by atoms with Gasteiger partial charge in [0, 0.05) is 31.9 Å². The number of carbonyl (C=O) groups is 1. The van der Waals surface area contributed by atoms with Crippen molar-refractivity contribution in [1.29, 1.82) is 0 Å². The minimum atomic E-state index is -0.884. The normalized spacial score (nSPS) is 26.9. The second-order valence-corrected chi connectivity index (χ2v) is 8.85. The Morgan fingerprint density at radius 2 is 2.12 bits per heavy atom. The van der Waals surface area contributed by atoms with Crippen molar-refractivity contribution in [2.75, 3.05) is 18.4 Å². The molecule has 138 valence electrons. The van der Waals surface area contributed by atoms with Crippen LogP contribution in [-0.4, -0.2) is 38.9 Å². The number of nitrogens with zero attached hydrogens (tertiary/aromatic N) is 1. The van der Waals surface area contributed by atoms with E-state index >= 15 is 0 Å². The van der Waals surface area contributed by atoms with Crippen LogP contribution in [0.2, 0.25) is 0 Å². The Labute approximate surface area is 158 Å². The van der Waals surface area contributed by atoms with Gasteiger partial charge in [-0.25, -0.2) is 4.39 Å². The third-order valence-corrected chi connectivity index (χ3v) is 6.95. The second kappa shape index (κ2) is 8.26. The number of hydrogen-bond donors (Lipinski definition) is 3. The molecule has 25 heavy (non-hydrogen) atoms. The van der Waals surface area contributed by atoms with Crippen LogP contribution >= 0.6 is 35.0 Å². The predicted octanol–water partition coefficient (Wildman–Crippen LogP) is 1.72. The van der Waals surface area contributed by atoms with Gasteiger partial charge in [-0.1, -0.05) is 0 Å². The minimum absolute atomic E-state index is 0.259. The standard InChI is InChI=1S/C15H19Cl2FN4O2S/c16-10-4-12(25-13(10)17)14(23)21-9-3-11(18)15(24)22(7-9)2-1-8-5-19-20-6-8/h3,7-8,10,12-13,19-20H,1-2,4-6H2,(H,21,23). The molecule has 2 aliphatic rings. The van der Waals surface area contributed by atoms with Crippen molar-refractivity contribution in [3.63, 3.8) is 0 Å². The number of hydrazine groups is 1. The number of rotatable bonds is 5. The van der Waals surface area contributed by atoms with E-state index in [1.54, 1.807) is 0 Å². The van der Waals surface area contributed by atoms with Gasteiger partial charge < -0.3 is 9.88 Å². The van der Waals surface area contributed by atoms with Gasteiger partial charge in [-0.3, -0.25) is 20.4 Å². The van der Waals surface area contributed by atoms with Crippen molar-refractivity contribution in [3.05, 3.63) is 28.4 Å². The van der Waals surface area contributed by atoms with Gasteiger partial charge in [0.25, 0.3) is 5.56 Å². The number of hydrogen-bond acceptors (Lipinski definition) is 5. The minimum Gasteiger partial charge on any atom is -0.324 e. The molecular weight excluding hydrogens is 390 g/mol. The van der Waals surface area contributed by atoms with E-state index in [0.717, 1.165) is 25.6 Å². The molecule has 1 aromatic rings. The highest BCUT2D eigenvalue weighted by molar-refractivity contribution is 8.02. The van der Waals surface area contributed by atoms with Crippen LogP contribution in [0.3, 0.4) is 0 Å². The number of nitrogens with one attached hydrogen (secondary N) is 3. The predicted molar refractivity (Wildman–Crippen MR) is 98.7 cm³/mol. The first-order valence-electron chi connectivity index (χ1n) is 8.04. The van der Waals surface area contributed by atoms with Crippen molar-refractivity contribution in [1.82, 2.24) is 15.4 Å². The number of aromatic nitrogens is 1. The van der Waals surface area contributed by atoms with Crippen LogP contribution in [0.25, 0.3) is 0 Å². The summed E-state index contributed by atoms with van der Waals surface area (Å²) in [5.74, 6) is -0.790. The van der Waals surface area contributed by atoms with Crippen LogP contribution in [0, 0.1) is 11.7 Å². The largest absolute Gasteiger partial charge is 0.324 e. The summed E-state index contributed by atoms with van der Waals surface area (Å²) in [6, 6.07) is 1.05. The molecule has 2 fully saturated rings. The van der Waals surface area contributed by atoms with Gasteiger partial charge in [0.15, 0.2) is 5.82 Å². The van der Waals surface area contributed by atoms with E-state index in [1.807, 2.05) is 0 Å². The van der Waals surface area contributed by atoms with Crippen molar-refractivity contribution in [2.45, 2.75) is 34.7 Å². The maximum absolute atomic E-state index is 13.9. The van der Waals surface area contributed by atoms with Crippen LogP contribution < -0.4 is 21.7 Å². The number of thioether (sulfide) groups is 1. The summed E-state index contributed by atoms with van der Waals surface area (Å²) < 4.78 is 14.9. The van der Waals surface area contributed by atoms with Gasteiger partial charge in [0.05, 0.1) is 21.0 Å². The zero-order chi connectivity index (χ0) is 18.0. The van der Waals surface area contributed by atoms with E-state index in [9.17, 15) is 14.0 Å². The Balaban J connectivity index is 1.66. The quantitative estimate of drug-likeness (QED) is 0.646. The number of pyridine rings is 1. The van der Waals surface area contributed by atoms with E-state index in [4.69, 9.17) is 23.2 Å². The van der Waals surface area contributed by atoms with Crippen molar-refractivity contribution >= 4 is 46.6 Å². The number of halogens is 3. The third-order valence-electron chi connectivity index (χ3n) is 4.30. The summed E-state index contributed by atoms with van der Waals surface area (Å²) in [6.07, 6.45) is 2.67. The summed E-state index contributed by atoms with van der Waals surface area (Å²) in [6.45, 7) is 2.01. The van der Waals surface area contributed by atoms with E-state index in [1.165, 1.54) is 22.5 Å². The Hall–Kier alpha value is -0.800. The molecule has 0 spiro atoms. The molecule has 2 aliphatic heterocycles. The van der Waals surface area contributed by atoms with Crippen LogP contribution in [0.15, 0.2) is 17.1 Å². The van der Waals surface area contributed by atoms with Crippen LogP contribution in [0.5, 0.6) is 0 Å². The van der Waals surface area contributed by atoms with Crippen molar-refractivity contribution < 1.29 is 9.18 Å². The summed E-state index contributed by atoms with van der Waals surface area (Å²) in [4.78, 5) is 24.3. The summed E-state index contributed by atoms with van der Waals surface area (Å²) >= 11 is 13.3. The first-order chi connectivity index (χ1) is 11.9. The van der Waals surface area contributed by atoms with E-state index in [2.05, 4.69) is 16.2 Å². The van der Waals surface area contributed by atoms with E-state index in [-0.39, 0.29) is 26.9 Å². The molecule has 10 heteroatoms. The number of amides is 1. The average Bonchev–Trinajstić information content (AvgIpc) is 3.20. The van der Waals surface area contributed by atoms with Gasteiger partial charge in [-0.05, 0) is 18.8 Å². The summed E-state index contributed by atoms with van der Waals surface area (Å²) in [7, 11) is 0. The summed E-state index contributed by atoms with van der Waals surface area (Å²) in [5, 5.41) is 2.00. The van der Waals surface area contributed by atoms with E-state index < -0.39 is 11.4 Å². The molecule has 3 atom stereocenters. The topological polar surface area (TPSA) is 75.2 Å². The van der Waals surface area contributed by atoms with Crippen molar-refractivity contribution in [3.8, 4) is 0 Å². The SMILES string of the molecule is O=C(Nc1cc(F)c(=O)n(CCC2CNNC2)c1)C1CC(Cl)C(Cl)S1. The maximum Gasteiger partial charge on any atom is 0.286 e. The maximum atomic E-state index is 13.9. The smallest absolute Gasteiger partial charge is 0.286 e. The Bertz CT molecular complexity index is 689. The van der Waals surface area contributed by atoms with Gasteiger partial charge in [0.2, 0.25) is 5.91 Å². The first-order valence-corrected chi connectivity index (χ1v) is 9.86. The average molecular weight is 409 g/mol. The lowest BCUT2D eigenvalue weighted by molar-refractivity contribution is -0.115. The first kappa shape index (κ1) is 19.0. The number of anilines is 1. The lowest BCUT2D eigenvalue weighted by Crippen LogP contribution is -2.28. The molecule has 1 aromatic heterocycles. The molecule has 3 unspecified atom stereocenters. The fourth-order valence-electron chi connectivity index (χ4n) is 2.87. The Morgan fingerprint density at radius 1 is 1.40 bits per heavy atom. The molecule has 0 saturated carbocycles. The highest BCUT2D eigenvalue weighted by atomic mass is 35.5. The Kier molecular flexibility index (Phi) is 6.27. The monoisotopic (exact) mass is 408 g/mol. The molecule has 0 aromatic carbocycles. The molecule has 3 rings (SSSR count). The molecule has 0 aliphatic carbocycles. The van der Waals surface area contributed by atoms with Crippen LogP contribution in [0.1, 0.15) is 12.8 Å². The van der Waals surface area contributed by atoms with Crippen LogP contribution in [0.4, 0.5) is 10.1 Å². The molecule has 6 nitrogen and oxygen atoms in total. The van der Waals surface area contributed by atoms with Crippen molar-refractivity contribution in [2.24, 2.45) is 5.92 Å². The molecule has 3 N–H and O–H groups in total. The number of alkyl halides is 2. The second-order valence-electron chi connectivity index (χ2n) is 6.21. The lowest BCUT2D eigenvalue weighted by atomic mass is 10.1. The van der Waals surface area contributed by atoms with Gasteiger partial charge in [0.1, 0.15) is 0 Å². The zero-order valence-electron chi connectivity index (χ0n) is 13.3. The van der Waals surface area contributed by atoms with E-state index in [0.29, 0.717) is 18.9 Å². The molecule has 0 bridgehead atoms. The van der Waals surface area contributed by atoms with Gasteiger partial charge in [-0.15, -0.1) is 35.0 Å². The van der Waals surface area contributed by atoms with Crippen LogP contribution in [-0.2, 0) is 11.3 Å². The highest BCUT2D eigenvalue weighted by Gasteiger charge is 2.36. The highest BCUT2D eigenvalue weighted by Crippen LogP contribution is 2.39.